The van der Waals surface area contributed by atoms with Crippen LogP contribution < -0.4 is 16.0 Å². The number of anilines is 2. The fraction of sp³-hybridized carbons (Fsp3) is 0.121. The Balaban J connectivity index is 1.44. The number of carbonyl (C=O) groups is 3. The maximum atomic E-state index is 13.4. The molecule has 0 saturated heterocycles. The topological polar surface area (TPSA) is 87.3 Å². The van der Waals surface area contributed by atoms with Crippen LogP contribution in [0.3, 0.4) is 0 Å². The lowest BCUT2D eigenvalue weighted by Crippen LogP contribution is -2.30. The largest absolute Gasteiger partial charge is 0.418 e. The van der Waals surface area contributed by atoms with Gasteiger partial charge in [-0.2, -0.15) is 13.2 Å². The monoisotopic (exact) mass is 637 g/mol. The van der Waals surface area contributed by atoms with Crippen LogP contribution in [0, 0.1) is 6.92 Å². The minimum absolute atomic E-state index is 0.0392. The zero-order valence-electron chi connectivity index (χ0n) is 23.5. The lowest BCUT2D eigenvalue weighted by Gasteiger charge is -2.17. The highest BCUT2D eigenvalue weighted by Gasteiger charge is 2.34. The van der Waals surface area contributed by atoms with Gasteiger partial charge < -0.3 is 16.0 Å². The number of hydrogen-bond acceptors (Lipinski definition) is 4. The van der Waals surface area contributed by atoms with Crippen molar-refractivity contribution in [3.05, 3.63) is 130 Å². The smallest absolute Gasteiger partial charge is 0.325 e. The molecule has 3 amide bonds. The van der Waals surface area contributed by atoms with Crippen LogP contribution in [0.5, 0.6) is 0 Å². The van der Waals surface area contributed by atoms with E-state index in [1.807, 2.05) is 31.2 Å². The second kappa shape index (κ2) is 14.3. The molecule has 0 heterocycles. The van der Waals surface area contributed by atoms with Gasteiger partial charge in [-0.05, 0) is 85.6 Å². The molecular weight excluding hydrogens is 611 g/mol. The summed E-state index contributed by atoms with van der Waals surface area (Å²) in [5, 5.41) is 6.96. The van der Waals surface area contributed by atoms with Gasteiger partial charge in [-0.1, -0.05) is 54.1 Å². The van der Waals surface area contributed by atoms with Gasteiger partial charge in [0, 0.05) is 21.2 Å². The van der Waals surface area contributed by atoms with Crippen LogP contribution in [-0.4, -0.2) is 23.0 Å². The fourth-order valence-electron chi connectivity index (χ4n) is 4.01. The third-order valence-corrected chi connectivity index (χ3v) is 7.70. The summed E-state index contributed by atoms with van der Waals surface area (Å²) in [6, 6.07) is 25.7. The number of rotatable bonds is 9. The van der Waals surface area contributed by atoms with Gasteiger partial charge in [0.2, 0.25) is 5.91 Å². The molecular formula is C33H27ClF3N3O3S. The van der Waals surface area contributed by atoms with E-state index in [0.717, 1.165) is 35.0 Å². The standard InChI is InChI=1S/C33H27ClF3N3O3S/c1-20-8-6-7-11-23(20)18-29(40-31(42)22-9-4-3-5-10-22)32(43)38-25-13-15-26(16-14-25)44-21(2)30(41)39-28-17-12-24(34)19-27(28)33(35,36)37/h3-19,21H,1-2H3,(H,38,43)(H,39,41)(H,40,42)/b29-18-. The SMILES string of the molecule is Cc1ccccc1/C=C(\NC(=O)c1ccccc1)C(=O)Nc1ccc(SC(C)C(=O)Nc2ccc(Cl)cc2C(F)(F)F)cc1. The van der Waals surface area contributed by atoms with E-state index in [4.69, 9.17) is 11.6 Å². The normalized spacial score (nSPS) is 12.3. The number of aryl methyl sites for hydroxylation is 1. The average Bonchev–Trinajstić information content (AvgIpc) is 2.99. The maximum absolute atomic E-state index is 13.4. The van der Waals surface area contributed by atoms with Crippen molar-refractivity contribution in [3.63, 3.8) is 0 Å². The van der Waals surface area contributed by atoms with Gasteiger partial charge in [0.1, 0.15) is 5.70 Å². The number of carbonyl (C=O) groups excluding carboxylic acids is 3. The Kier molecular flexibility index (Phi) is 10.5. The Morgan fingerprint density at radius 3 is 2.18 bits per heavy atom. The Labute approximate surface area is 261 Å². The van der Waals surface area contributed by atoms with Crippen molar-refractivity contribution in [2.24, 2.45) is 0 Å². The summed E-state index contributed by atoms with van der Waals surface area (Å²) >= 11 is 6.85. The van der Waals surface area contributed by atoms with E-state index in [0.29, 0.717) is 16.1 Å². The number of benzene rings is 4. The molecule has 4 rings (SSSR count). The number of nitrogens with one attached hydrogen (secondary N) is 3. The summed E-state index contributed by atoms with van der Waals surface area (Å²) in [6.07, 6.45) is -3.09. The zero-order chi connectivity index (χ0) is 31.9. The van der Waals surface area contributed by atoms with E-state index in [-0.39, 0.29) is 16.4 Å². The number of hydrogen-bond donors (Lipinski definition) is 3. The Hall–Kier alpha value is -4.54. The summed E-state index contributed by atoms with van der Waals surface area (Å²) in [5.74, 6) is -1.62. The average molecular weight is 638 g/mol. The third kappa shape index (κ3) is 8.75. The van der Waals surface area contributed by atoms with Crippen molar-refractivity contribution in [1.82, 2.24) is 5.32 Å². The van der Waals surface area contributed by atoms with E-state index in [1.54, 1.807) is 67.6 Å². The van der Waals surface area contributed by atoms with Gasteiger partial charge in [-0.15, -0.1) is 11.8 Å². The minimum atomic E-state index is -4.69. The highest BCUT2D eigenvalue weighted by molar-refractivity contribution is 8.00. The van der Waals surface area contributed by atoms with Gasteiger partial charge in [-0.3, -0.25) is 14.4 Å². The summed E-state index contributed by atoms with van der Waals surface area (Å²) in [6.45, 7) is 3.46. The Morgan fingerprint density at radius 1 is 0.864 bits per heavy atom. The molecule has 0 radical (unpaired) electrons. The van der Waals surface area contributed by atoms with Crippen LogP contribution in [0.2, 0.25) is 5.02 Å². The molecule has 1 unspecified atom stereocenters. The molecule has 0 aliphatic heterocycles. The fourth-order valence-corrected chi connectivity index (χ4v) is 5.05. The van der Waals surface area contributed by atoms with Gasteiger partial charge in [0.15, 0.2) is 0 Å². The summed E-state index contributed by atoms with van der Waals surface area (Å²) in [7, 11) is 0. The number of amides is 3. The third-order valence-electron chi connectivity index (χ3n) is 6.36. The maximum Gasteiger partial charge on any atom is 0.418 e. The first-order valence-electron chi connectivity index (χ1n) is 13.3. The molecule has 226 valence electrons. The Morgan fingerprint density at radius 2 is 1.52 bits per heavy atom. The first kappa shape index (κ1) is 32.4. The summed E-state index contributed by atoms with van der Waals surface area (Å²) < 4.78 is 40.2. The predicted molar refractivity (Wildman–Crippen MR) is 169 cm³/mol. The van der Waals surface area contributed by atoms with E-state index in [2.05, 4.69) is 16.0 Å². The molecule has 3 N–H and O–H groups in total. The number of alkyl halides is 3. The van der Waals surface area contributed by atoms with Gasteiger partial charge in [-0.25, -0.2) is 0 Å². The van der Waals surface area contributed by atoms with Crippen molar-refractivity contribution in [1.29, 1.82) is 0 Å². The number of halogens is 4. The molecule has 4 aromatic carbocycles. The van der Waals surface area contributed by atoms with E-state index < -0.39 is 34.7 Å². The van der Waals surface area contributed by atoms with Crippen molar-refractivity contribution < 1.29 is 27.6 Å². The Bertz CT molecular complexity index is 1690. The van der Waals surface area contributed by atoms with Crippen molar-refractivity contribution in [3.8, 4) is 0 Å². The van der Waals surface area contributed by atoms with Crippen LogP contribution >= 0.6 is 23.4 Å². The molecule has 6 nitrogen and oxygen atoms in total. The molecule has 0 aliphatic carbocycles. The molecule has 1 atom stereocenters. The molecule has 0 aromatic heterocycles. The van der Waals surface area contributed by atoms with E-state index in [9.17, 15) is 27.6 Å². The highest BCUT2D eigenvalue weighted by atomic mass is 35.5. The highest BCUT2D eigenvalue weighted by Crippen LogP contribution is 2.37. The molecule has 0 bridgehead atoms. The molecule has 0 spiro atoms. The van der Waals surface area contributed by atoms with Crippen LogP contribution in [0.15, 0.2) is 108 Å². The number of thioether (sulfide) groups is 1. The van der Waals surface area contributed by atoms with E-state index in [1.165, 1.54) is 6.07 Å². The molecule has 0 fully saturated rings. The minimum Gasteiger partial charge on any atom is -0.325 e. The second-order valence-corrected chi connectivity index (χ2v) is 11.5. The van der Waals surface area contributed by atoms with Crippen molar-refractivity contribution in [2.45, 2.75) is 30.2 Å². The lowest BCUT2D eigenvalue weighted by atomic mass is 10.1. The van der Waals surface area contributed by atoms with Crippen LogP contribution in [0.4, 0.5) is 24.5 Å². The molecule has 0 saturated carbocycles. The zero-order valence-corrected chi connectivity index (χ0v) is 25.1. The summed E-state index contributed by atoms with van der Waals surface area (Å²) in [5.41, 5.74) is 1.11. The quantitative estimate of drug-likeness (QED) is 0.128. The second-order valence-electron chi connectivity index (χ2n) is 9.65. The van der Waals surface area contributed by atoms with Crippen LogP contribution in [0.1, 0.15) is 34.0 Å². The molecule has 4 aromatic rings. The van der Waals surface area contributed by atoms with Gasteiger partial charge in [0.05, 0.1) is 16.5 Å². The summed E-state index contributed by atoms with van der Waals surface area (Å²) in [4.78, 5) is 39.5. The predicted octanol–water partition coefficient (Wildman–Crippen LogP) is 8.20. The first-order valence-corrected chi connectivity index (χ1v) is 14.6. The molecule has 11 heteroatoms. The first-order chi connectivity index (χ1) is 20.9. The van der Waals surface area contributed by atoms with Crippen molar-refractivity contribution >= 4 is 58.5 Å². The van der Waals surface area contributed by atoms with E-state index >= 15 is 0 Å². The molecule has 0 aliphatic rings. The molecule has 44 heavy (non-hydrogen) atoms. The van der Waals surface area contributed by atoms with Crippen molar-refractivity contribution in [2.75, 3.05) is 10.6 Å². The van der Waals surface area contributed by atoms with Gasteiger partial charge in [0.25, 0.3) is 11.8 Å². The van der Waals surface area contributed by atoms with Crippen LogP contribution in [-0.2, 0) is 15.8 Å². The van der Waals surface area contributed by atoms with Gasteiger partial charge >= 0.3 is 6.18 Å². The lowest BCUT2D eigenvalue weighted by molar-refractivity contribution is -0.137. The van der Waals surface area contributed by atoms with Crippen LogP contribution in [0.25, 0.3) is 6.08 Å².